The first-order valence-electron chi connectivity index (χ1n) is 12.9. The lowest BCUT2D eigenvalue weighted by Gasteiger charge is -2.41. The van der Waals surface area contributed by atoms with Gasteiger partial charge in [-0.1, -0.05) is 96.5 Å². The minimum atomic E-state index is -2.42. The molecule has 0 radical (unpaired) electrons. The molecule has 0 heterocycles. The molecular formula is C26H53NO2P+. The van der Waals surface area contributed by atoms with Crippen LogP contribution in [0, 0.1) is 0 Å². The highest BCUT2D eigenvalue weighted by Gasteiger charge is 2.47. The number of hydrogen-bond donors (Lipinski definition) is 0. The Bertz CT molecular complexity index is 474. The molecule has 0 saturated heterocycles. The molecule has 0 amide bonds. The van der Waals surface area contributed by atoms with E-state index in [4.69, 9.17) is 0 Å². The normalized spacial score (nSPS) is 13.9. The average molecular weight is 443 g/mol. The van der Waals surface area contributed by atoms with Gasteiger partial charge >= 0.3 is 7.68 Å². The third-order valence-electron chi connectivity index (χ3n) is 6.72. The number of allylic oxidation sites excluding steroid dienone is 1. The van der Waals surface area contributed by atoms with E-state index in [9.17, 15) is 9.13 Å². The van der Waals surface area contributed by atoms with Gasteiger partial charge in [-0.3, -0.25) is 0 Å². The van der Waals surface area contributed by atoms with E-state index in [0.29, 0.717) is 4.48 Å². The van der Waals surface area contributed by atoms with Crippen molar-refractivity contribution in [1.29, 1.82) is 0 Å². The van der Waals surface area contributed by atoms with Crippen LogP contribution in [0.2, 0.25) is 0 Å². The van der Waals surface area contributed by atoms with Gasteiger partial charge < -0.3 is 4.48 Å². The van der Waals surface area contributed by atoms with Crippen molar-refractivity contribution in [3.05, 3.63) is 12.7 Å². The van der Waals surface area contributed by atoms with Crippen molar-refractivity contribution in [1.82, 2.24) is 0 Å². The Morgan fingerprint density at radius 3 is 1.33 bits per heavy atom. The monoisotopic (exact) mass is 442 g/mol. The van der Waals surface area contributed by atoms with Crippen molar-refractivity contribution >= 4 is 7.68 Å². The van der Waals surface area contributed by atoms with Gasteiger partial charge in [-0.2, -0.15) is 0 Å². The highest BCUT2D eigenvalue weighted by Crippen LogP contribution is 2.44. The van der Waals surface area contributed by atoms with Crippen LogP contribution in [0.25, 0.3) is 0 Å². The summed E-state index contributed by atoms with van der Waals surface area (Å²) in [5.41, 5.74) is 0. The average Bonchev–Trinajstić information content (AvgIpc) is 2.68. The Kier molecular flexibility index (Phi) is 18.0. The minimum absolute atomic E-state index is 0.523. The summed E-state index contributed by atoms with van der Waals surface area (Å²) in [7, 11) is 3.68. The fourth-order valence-corrected chi connectivity index (χ4v) is 5.86. The third-order valence-corrected chi connectivity index (χ3v) is 8.45. The molecule has 0 bridgehead atoms. The van der Waals surface area contributed by atoms with Crippen molar-refractivity contribution in [2.75, 3.05) is 21.1 Å². The quantitative estimate of drug-likeness (QED) is 0.0724. The zero-order valence-electron chi connectivity index (χ0n) is 20.9. The predicted molar refractivity (Wildman–Crippen MR) is 133 cm³/mol. The fraction of sp³-hybridized carbons (Fsp3) is 0.923. The smallest absolute Gasteiger partial charge is 0.314 e. The van der Waals surface area contributed by atoms with Crippen molar-refractivity contribution in [3.63, 3.8) is 0 Å². The molecule has 4 heteroatoms. The van der Waals surface area contributed by atoms with Crippen molar-refractivity contribution < 1.29 is 13.6 Å². The molecule has 0 N–H and O–H groups in total. The summed E-state index contributed by atoms with van der Waals surface area (Å²) in [5.74, 6) is 0. The van der Waals surface area contributed by atoms with E-state index in [1.165, 1.54) is 96.3 Å². The summed E-state index contributed by atoms with van der Waals surface area (Å²) in [6.45, 7) is 5.87. The van der Waals surface area contributed by atoms with Crippen molar-refractivity contribution in [2.45, 2.75) is 134 Å². The predicted octanol–water partition coefficient (Wildman–Crippen LogP) is 9.18. The number of quaternary nitrogens is 1. The van der Waals surface area contributed by atoms with E-state index in [-0.39, 0.29) is 0 Å². The van der Waals surface area contributed by atoms with Gasteiger partial charge in [-0.05, 0) is 25.7 Å². The van der Waals surface area contributed by atoms with Crippen LogP contribution in [0.3, 0.4) is 0 Å². The second-order valence-electron chi connectivity index (χ2n) is 10.1. The molecule has 0 rings (SSSR count). The van der Waals surface area contributed by atoms with Crippen LogP contribution in [0.15, 0.2) is 12.7 Å². The maximum Gasteiger partial charge on any atom is 0.378 e. The Morgan fingerprint density at radius 2 is 1.03 bits per heavy atom. The standard InChI is InChI=1S/C26H53NO2P/c1-6-8-9-10-11-12-13-14-15-16-17-18-19-20-21-22-23-25-26(24-7-2,30(28)29)27(3,4)5/h6H,1,7-25H2,2-5H3/q+1. The van der Waals surface area contributed by atoms with Crippen LogP contribution in [0.5, 0.6) is 0 Å². The van der Waals surface area contributed by atoms with Crippen LogP contribution in [-0.4, -0.2) is 30.9 Å². The van der Waals surface area contributed by atoms with Crippen LogP contribution in [0.4, 0.5) is 0 Å². The molecule has 0 aliphatic rings. The first-order valence-corrected chi connectivity index (χ1v) is 14.1. The zero-order valence-corrected chi connectivity index (χ0v) is 21.8. The number of hydrogen-bond acceptors (Lipinski definition) is 2. The summed E-state index contributed by atoms with van der Waals surface area (Å²) in [5, 5.41) is -0.588. The summed E-state index contributed by atoms with van der Waals surface area (Å²) >= 11 is 0. The second-order valence-corrected chi connectivity index (χ2v) is 11.5. The molecular weight excluding hydrogens is 389 g/mol. The largest absolute Gasteiger partial charge is 0.378 e. The van der Waals surface area contributed by atoms with Crippen molar-refractivity contribution in [3.8, 4) is 0 Å². The van der Waals surface area contributed by atoms with E-state index in [0.717, 1.165) is 25.7 Å². The van der Waals surface area contributed by atoms with Gasteiger partial charge in [-0.25, -0.2) is 9.13 Å². The SMILES string of the molecule is C=CCCCCCCCCCCCCCCCCCC(CCC)(P(=O)=O)[N+](C)(C)C. The first kappa shape index (κ1) is 29.6. The highest BCUT2D eigenvalue weighted by atomic mass is 31.1. The van der Waals surface area contributed by atoms with Crippen LogP contribution < -0.4 is 0 Å². The molecule has 30 heavy (non-hydrogen) atoms. The molecule has 0 aliphatic heterocycles. The first-order chi connectivity index (χ1) is 14.3. The lowest BCUT2D eigenvalue weighted by molar-refractivity contribution is -0.908. The molecule has 0 aliphatic carbocycles. The molecule has 0 aromatic carbocycles. The fourth-order valence-electron chi connectivity index (χ4n) is 4.62. The molecule has 1 atom stereocenters. The molecule has 0 aromatic rings. The van der Waals surface area contributed by atoms with Gasteiger partial charge in [0.1, 0.15) is 0 Å². The Balaban J connectivity index is 3.64. The van der Waals surface area contributed by atoms with E-state index >= 15 is 0 Å². The van der Waals surface area contributed by atoms with Gasteiger partial charge in [0, 0.05) is 12.8 Å². The molecule has 3 nitrogen and oxygen atoms in total. The van der Waals surface area contributed by atoms with E-state index < -0.39 is 13.0 Å². The Hall–Kier alpha value is -0.400. The molecule has 0 spiro atoms. The number of nitrogens with zero attached hydrogens (tertiary/aromatic N) is 1. The lowest BCUT2D eigenvalue weighted by Crippen LogP contribution is -2.53. The third kappa shape index (κ3) is 13.1. The number of unbranched alkanes of at least 4 members (excludes halogenated alkanes) is 15. The molecule has 0 aromatic heterocycles. The van der Waals surface area contributed by atoms with Gasteiger partial charge in [0.15, 0.2) is 0 Å². The van der Waals surface area contributed by atoms with E-state index in [2.05, 4.69) is 13.5 Å². The highest BCUT2D eigenvalue weighted by molar-refractivity contribution is 7.32. The van der Waals surface area contributed by atoms with E-state index in [1.54, 1.807) is 0 Å². The molecule has 0 saturated carbocycles. The van der Waals surface area contributed by atoms with Gasteiger partial charge in [0.05, 0.1) is 21.1 Å². The maximum absolute atomic E-state index is 12.1. The van der Waals surface area contributed by atoms with Crippen molar-refractivity contribution in [2.24, 2.45) is 0 Å². The summed E-state index contributed by atoms with van der Waals surface area (Å²) in [6.07, 6.45) is 25.7. The molecule has 178 valence electrons. The van der Waals surface area contributed by atoms with Gasteiger partial charge in [-0.15, -0.1) is 6.58 Å². The van der Waals surface area contributed by atoms with Gasteiger partial charge in [0.2, 0.25) is 5.28 Å². The van der Waals surface area contributed by atoms with Gasteiger partial charge in [0.25, 0.3) is 0 Å². The van der Waals surface area contributed by atoms with Crippen LogP contribution in [0.1, 0.15) is 129 Å². The summed E-state index contributed by atoms with van der Waals surface area (Å²) < 4.78 is 24.7. The Morgan fingerprint density at radius 1 is 0.667 bits per heavy atom. The lowest BCUT2D eigenvalue weighted by atomic mass is 9.99. The van der Waals surface area contributed by atoms with E-state index in [1.807, 2.05) is 27.2 Å². The second kappa shape index (κ2) is 18.2. The Labute approximate surface area is 189 Å². The maximum atomic E-state index is 12.1. The summed E-state index contributed by atoms with van der Waals surface area (Å²) in [4.78, 5) is 0. The van der Waals surface area contributed by atoms with Crippen LogP contribution >= 0.6 is 7.68 Å². The topological polar surface area (TPSA) is 34.1 Å². The summed E-state index contributed by atoms with van der Waals surface area (Å²) in [6, 6.07) is 0. The zero-order chi connectivity index (χ0) is 22.7. The van der Waals surface area contributed by atoms with Crippen LogP contribution in [-0.2, 0) is 9.13 Å². The molecule has 0 fully saturated rings. The number of rotatable bonds is 22. The molecule has 1 unspecified atom stereocenters. The minimum Gasteiger partial charge on any atom is -0.314 e.